The molecule has 0 fully saturated rings. The molecule has 3 aromatic rings. The van der Waals surface area contributed by atoms with Gasteiger partial charge in [0.1, 0.15) is 11.9 Å². The Morgan fingerprint density at radius 3 is 1.97 bits per heavy atom. The number of nitrogens with zero attached hydrogens (tertiary/aromatic N) is 2. The second kappa shape index (κ2) is 13.8. The normalized spacial score (nSPS) is 12.2. The van der Waals surface area contributed by atoms with E-state index in [1.807, 2.05) is 36.4 Å². The first-order valence-electron chi connectivity index (χ1n) is 12.1. The largest absolute Gasteiger partial charge is 0.395 e. The molecule has 0 unspecified atom stereocenters. The number of rotatable bonds is 13. The van der Waals surface area contributed by atoms with Crippen molar-refractivity contribution in [2.24, 2.45) is 0 Å². The number of aliphatic hydroxyl groups is 1. The van der Waals surface area contributed by atoms with Crippen LogP contribution in [0.15, 0.2) is 84.9 Å². The van der Waals surface area contributed by atoms with Gasteiger partial charge in [-0.05, 0) is 28.8 Å². The van der Waals surface area contributed by atoms with Crippen LogP contribution in [0.4, 0.5) is 4.39 Å². The highest BCUT2D eigenvalue weighted by Gasteiger charge is 2.32. The Hall–Kier alpha value is -3.60. The van der Waals surface area contributed by atoms with Crippen LogP contribution in [0.2, 0.25) is 0 Å². The van der Waals surface area contributed by atoms with E-state index in [4.69, 9.17) is 0 Å². The Bertz CT molecular complexity index is 1290. The maximum absolute atomic E-state index is 13.8. The fraction of sp³-hybridized carbons (Fsp3) is 0.286. The van der Waals surface area contributed by atoms with Crippen molar-refractivity contribution in [2.75, 3.05) is 26.0 Å². The molecule has 0 bridgehead atoms. The van der Waals surface area contributed by atoms with E-state index in [1.165, 1.54) is 29.2 Å². The number of hydrogen-bond acceptors (Lipinski definition) is 5. The lowest BCUT2D eigenvalue weighted by molar-refractivity contribution is -0.141. The zero-order chi connectivity index (χ0) is 27.5. The maximum atomic E-state index is 13.8. The first-order chi connectivity index (χ1) is 18.2. The van der Waals surface area contributed by atoms with Gasteiger partial charge in [0.15, 0.2) is 0 Å². The number of hydrogen-bond donors (Lipinski definition) is 2. The molecule has 0 spiro atoms. The fourth-order valence-electron chi connectivity index (χ4n) is 3.96. The van der Waals surface area contributed by atoms with Crippen molar-refractivity contribution in [2.45, 2.75) is 25.6 Å². The van der Waals surface area contributed by atoms with Crippen LogP contribution in [0.3, 0.4) is 0 Å². The van der Waals surface area contributed by atoms with Gasteiger partial charge in [-0.1, -0.05) is 72.8 Å². The molecule has 8 nitrogen and oxygen atoms in total. The van der Waals surface area contributed by atoms with Gasteiger partial charge in [-0.2, -0.15) is 4.31 Å². The topological polar surface area (TPSA) is 107 Å². The van der Waals surface area contributed by atoms with Crippen molar-refractivity contribution in [3.8, 4) is 0 Å². The van der Waals surface area contributed by atoms with Crippen LogP contribution in [0.1, 0.15) is 16.7 Å². The van der Waals surface area contributed by atoms with Crippen molar-refractivity contribution in [1.29, 1.82) is 0 Å². The number of nitrogens with one attached hydrogen (secondary N) is 1. The average Bonchev–Trinajstić information content (AvgIpc) is 2.90. The van der Waals surface area contributed by atoms with E-state index >= 15 is 0 Å². The molecule has 0 saturated heterocycles. The molecule has 0 aliphatic heterocycles. The summed E-state index contributed by atoms with van der Waals surface area (Å²) in [6.45, 7) is -0.851. The summed E-state index contributed by atoms with van der Waals surface area (Å²) >= 11 is 0. The van der Waals surface area contributed by atoms with Gasteiger partial charge in [-0.15, -0.1) is 0 Å². The third kappa shape index (κ3) is 8.76. The van der Waals surface area contributed by atoms with Gasteiger partial charge in [-0.3, -0.25) is 9.59 Å². The summed E-state index contributed by atoms with van der Waals surface area (Å²) in [4.78, 5) is 28.4. The summed E-state index contributed by atoms with van der Waals surface area (Å²) in [5, 5.41) is 11.9. The molecule has 10 heteroatoms. The molecule has 2 N–H and O–H groups in total. The summed E-state index contributed by atoms with van der Waals surface area (Å²) in [5.41, 5.74) is 2.07. The quantitative estimate of drug-likeness (QED) is 0.346. The number of carbonyl (C=O) groups is 2. The average molecular weight is 542 g/mol. The summed E-state index contributed by atoms with van der Waals surface area (Å²) in [7, 11) is -3.79. The van der Waals surface area contributed by atoms with Crippen LogP contribution < -0.4 is 5.32 Å². The molecule has 0 heterocycles. The molecular formula is C28H32FN3O5S. The lowest BCUT2D eigenvalue weighted by atomic mass is 10.0. The highest BCUT2D eigenvalue weighted by molar-refractivity contribution is 7.88. The molecule has 0 radical (unpaired) electrons. The van der Waals surface area contributed by atoms with Crippen LogP contribution in [-0.2, 0) is 39.1 Å². The van der Waals surface area contributed by atoms with Gasteiger partial charge >= 0.3 is 0 Å². The highest BCUT2D eigenvalue weighted by Crippen LogP contribution is 2.17. The van der Waals surface area contributed by atoms with Crippen molar-refractivity contribution in [1.82, 2.24) is 14.5 Å². The van der Waals surface area contributed by atoms with Crippen molar-refractivity contribution >= 4 is 21.8 Å². The third-order valence-electron chi connectivity index (χ3n) is 5.93. The summed E-state index contributed by atoms with van der Waals surface area (Å²) in [6.07, 6.45) is 1.19. The molecule has 0 aromatic heterocycles. The van der Waals surface area contributed by atoms with E-state index in [1.54, 1.807) is 24.3 Å². The smallest absolute Gasteiger partial charge is 0.243 e. The minimum absolute atomic E-state index is 0.00776. The van der Waals surface area contributed by atoms with Gasteiger partial charge in [-0.25, -0.2) is 12.8 Å². The third-order valence-corrected chi connectivity index (χ3v) is 7.13. The second-order valence-electron chi connectivity index (χ2n) is 8.88. The lowest BCUT2D eigenvalue weighted by Gasteiger charge is -2.33. The standard InChI is InChI=1S/C28H32FN3O5S/c1-38(36,37)31(19-23-10-6-3-7-11-23)21-27(34)32(20-24-12-14-25(29)15-13-24)26(28(35)30-16-17-33)18-22-8-4-2-5-9-22/h2-15,26,33H,16-21H2,1H3,(H,30,35)/t26-/m1/s1. The molecule has 3 rings (SSSR count). The Labute approximate surface area is 222 Å². The van der Waals surface area contributed by atoms with E-state index in [-0.39, 0.29) is 32.7 Å². The number of benzene rings is 3. The number of amides is 2. The molecule has 0 aliphatic rings. The minimum Gasteiger partial charge on any atom is -0.395 e. The van der Waals surface area contributed by atoms with E-state index in [0.29, 0.717) is 11.1 Å². The van der Waals surface area contributed by atoms with Gasteiger partial charge in [0, 0.05) is 26.1 Å². The van der Waals surface area contributed by atoms with Gasteiger partial charge < -0.3 is 15.3 Å². The molecule has 0 saturated carbocycles. The predicted molar refractivity (Wildman–Crippen MR) is 143 cm³/mol. The molecule has 2 amide bonds. The maximum Gasteiger partial charge on any atom is 0.243 e. The van der Waals surface area contributed by atoms with E-state index in [9.17, 15) is 27.5 Å². The van der Waals surface area contributed by atoms with Crippen LogP contribution in [0, 0.1) is 5.82 Å². The van der Waals surface area contributed by atoms with Gasteiger partial charge in [0.25, 0.3) is 0 Å². The SMILES string of the molecule is CS(=O)(=O)N(CC(=O)N(Cc1ccc(F)cc1)[C@H](Cc1ccccc1)C(=O)NCCO)Cc1ccccc1. The van der Waals surface area contributed by atoms with Gasteiger partial charge in [0.2, 0.25) is 21.8 Å². The first kappa shape index (κ1) is 29.0. The summed E-state index contributed by atoms with van der Waals surface area (Å²) in [5.74, 6) is -1.53. The van der Waals surface area contributed by atoms with Gasteiger partial charge in [0.05, 0.1) is 19.4 Å². The molecule has 38 heavy (non-hydrogen) atoms. The lowest BCUT2D eigenvalue weighted by Crippen LogP contribution is -2.53. The predicted octanol–water partition coefficient (Wildman–Crippen LogP) is 2.34. The minimum atomic E-state index is -3.79. The molecule has 1 atom stereocenters. The second-order valence-corrected chi connectivity index (χ2v) is 10.9. The zero-order valence-electron chi connectivity index (χ0n) is 21.2. The van der Waals surface area contributed by atoms with Crippen molar-refractivity contribution in [3.05, 3.63) is 107 Å². The molecule has 0 aliphatic carbocycles. The van der Waals surface area contributed by atoms with E-state index in [2.05, 4.69) is 5.32 Å². The summed E-state index contributed by atoms with van der Waals surface area (Å²) in [6, 6.07) is 22.5. The summed E-state index contributed by atoms with van der Waals surface area (Å²) < 4.78 is 39.9. The first-order valence-corrected chi connectivity index (χ1v) is 14.0. The van der Waals surface area contributed by atoms with Crippen molar-refractivity contribution in [3.63, 3.8) is 0 Å². The zero-order valence-corrected chi connectivity index (χ0v) is 22.0. The van der Waals surface area contributed by atoms with E-state index in [0.717, 1.165) is 16.1 Å². The van der Waals surface area contributed by atoms with Crippen LogP contribution >= 0.6 is 0 Å². The molecular weight excluding hydrogens is 509 g/mol. The molecule has 3 aromatic carbocycles. The number of sulfonamides is 1. The monoisotopic (exact) mass is 541 g/mol. The fourth-order valence-corrected chi connectivity index (χ4v) is 4.69. The Balaban J connectivity index is 1.97. The van der Waals surface area contributed by atoms with Crippen LogP contribution in [-0.4, -0.2) is 66.5 Å². The van der Waals surface area contributed by atoms with Crippen molar-refractivity contribution < 1.29 is 27.5 Å². The Kier molecular flexibility index (Phi) is 10.5. The highest BCUT2D eigenvalue weighted by atomic mass is 32.2. The molecule has 202 valence electrons. The number of carbonyl (C=O) groups excluding carboxylic acids is 2. The number of aliphatic hydroxyl groups excluding tert-OH is 1. The Morgan fingerprint density at radius 2 is 1.42 bits per heavy atom. The number of halogens is 1. The Morgan fingerprint density at radius 1 is 0.868 bits per heavy atom. The van der Waals surface area contributed by atoms with Crippen LogP contribution in [0.5, 0.6) is 0 Å². The van der Waals surface area contributed by atoms with E-state index < -0.39 is 40.2 Å². The van der Waals surface area contributed by atoms with Crippen LogP contribution in [0.25, 0.3) is 0 Å².